The third kappa shape index (κ3) is 5.72. The van der Waals surface area contributed by atoms with Crippen molar-refractivity contribution < 1.29 is 37.7 Å². The van der Waals surface area contributed by atoms with Crippen molar-refractivity contribution in [3.8, 4) is 17.2 Å². The highest BCUT2D eigenvalue weighted by Gasteiger charge is 2.44. The van der Waals surface area contributed by atoms with Crippen molar-refractivity contribution in [3.05, 3.63) is 77.4 Å². The predicted molar refractivity (Wildman–Crippen MR) is 136 cm³/mol. The molecule has 0 aromatic heterocycles. The van der Waals surface area contributed by atoms with Crippen LogP contribution in [0.15, 0.2) is 60.7 Å². The maximum atomic E-state index is 13.6. The van der Waals surface area contributed by atoms with E-state index in [4.69, 9.17) is 4.74 Å². The quantitative estimate of drug-likeness (QED) is 0.369. The summed E-state index contributed by atoms with van der Waals surface area (Å²) in [5, 5.41) is 14.3. The largest absolute Gasteiger partial charge is 0.586 e. The number of aryl methyl sites for hydroxylation is 1. The van der Waals surface area contributed by atoms with Gasteiger partial charge in [-0.05, 0) is 77.9 Å². The molecule has 38 heavy (non-hydrogen) atoms. The number of hydrogen-bond donors (Lipinski definition) is 2. The molecule has 5 rings (SSSR count). The van der Waals surface area contributed by atoms with E-state index in [-0.39, 0.29) is 36.5 Å². The zero-order chi connectivity index (χ0) is 26.9. The van der Waals surface area contributed by atoms with E-state index in [1.165, 1.54) is 12.1 Å². The second-order valence-corrected chi connectivity index (χ2v) is 9.56. The summed E-state index contributed by atoms with van der Waals surface area (Å²) in [6.45, 7) is 1.59. The first kappa shape index (κ1) is 25.5. The Balaban J connectivity index is 1.39. The van der Waals surface area contributed by atoms with Crippen molar-refractivity contribution >= 4 is 22.6 Å². The van der Waals surface area contributed by atoms with E-state index in [1.54, 1.807) is 19.1 Å². The number of carboxylic acids is 1. The van der Waals surface area contributed by atoms with Crippen molar-refractivity contribution in [2.45, 2.75) is 50.9 Å². The van der Waals surface area contributed by atoms with Crippen LogP contribution in [-0.2, 0) is 9.59 Å². The molecule has 1 aliphatic heterocycles. The van der Waals surface area contributed by atoms with Crippen LogP contribution in [0.5, 0.6) is 17.2 Å². The molecule has 3 aromatic rings. The molecule has 2 aliphatic rings. The van der Waals surface area contributed by atoms with Crippen LogP contribution in [0.3, 0.4) is 0 Å². The molecule has 1 aliphatic carbocycles. The monoisotopic (exact) mass is 523 g/mol. The van der Waals surface area contributed by atoms with E-state index in [9.17, 15) is 23.5 Å². The maximum absolute atomic E-state index is 13.6. The van der Waals surface area contributed by atoms with E-state index in [1.807, 2.05) is 30.3 Å². The number of amides is 1. The normalized spacial score (nSPS) is 18.2. The van der Waals surface area contributed by atoms with Crippen LogP contribution in [0.1, 0.15) is 48.3 Å². The third-order valence-corrected chi connectivity index (χ3v) is 6.75. The van der Waals surface area contributed by atoms with Gasteiger partial charge in [0.2, 0.25) is 0 Å². The summed E-state index contributed by atoms with van der Waals surface area (Å²) < 4.78 is 42.1. The Hall–Kier alpha value is -4.14. The zero-order valence-corrected chi connectivity index (χ0v) is 20.7. The molecule has 0 radical (unpaired) electrons. The topological polar surface area (TPSA) is 94.1 Å². The van der Waals surface area contributed by atoms with E-state index < -0.39 is 18.2 Å². The number of allylic oxidation sites excluding steroid dienone is 1. The first-order valence-corrected chi connectivity index (χ1v) is 12.4. The van der Waals surface area contributed by atoms with E-state index in [0.717, 1.165) is 30.0 Å². The molecule has 2 unspecified atom stereocenters. The van der Waals surface area contributed by atoms with Crippen LogP contribution in [0.4, 0.5) is 8.78 Å². The highest BCUT2D eigenvalue weighted by molar-refractivity contribution is 5.85. The van der Waals surface area contributed by atoms with Gasteiger partial charge in [-0.2, -0.15) is 0 Å². The van der Waals surface area contributed by atoms with Gasteiger partial charge < -0.3 is 24.6 Å². The van der Waals surface area contributed by atoms with E-state index >= 15 is 0 Å². The maximum Gasteiger partial charge on any atom is 0.586 e. The Morgan fingerprint density at radius 3 is 2.61 bits per heavy atom. The number of fused-ring (bicyclic) bond motifs is 2. The van der Waals surface area contributed by atoms with Gasteiger partial charge in [-0.25, -0.2) is 0 Å². The summed E-state index contributed by atoms with van der Waals surface area (Å²) in [5.41, 5.74) is 1.84. The average molecular weight is 524 g/mol. The lowest BCUT2D eigenvalue weighted by Crippen LogP contribution is -2.37. The highest BCUT2D eigenvalue weighted by atomic mass is 19.3. The molecule has 0 saturated heterocycles. The fourth-order valence-corrected chi connectivity index (χ4v) is 4.95. The molecule has 1 heterocycles. The predicted octanol–water partition coefficient (Wildman–Crippen LogP) is 5.68. The molecule has 0 spiro atoms. The molecule has 0 bridgehead atoms. The number of carbonyl (C=O) groups is 2. The van der Waals surface area contributed by atoms with Crippen LogP contribution in [0, 0.1) is 6.92 Å². The lowest BCUT2D eigenvalue weighted by atomic mass is 9.85. The highest BCUT2D eigenvalue weighted by Crippen LogP contribution is 2.45. The Morgan fingerprint density at radius 2 is 1.87 bits per heavy atom. The Labute approximate surface area is 218 Å². The van der Waals surface area contributed by atoms with Gasteiger partial charge in [0.05, 0.1) is 6.42 Å². The molecular formula is C29H27F2NO6. The minimum Gasteiger partial charge on any atom is -0.484 e. The Kier molecular flexibility index (Phi) is 6.93. The molecule has 9 heteroatoms. The standard InChI is InChI=1S/C29H27F2NO6/c1-17-11-25-26(38-29(30,31)37-25)14-23(17)24(15-28(34)35)19-8-7-18-9-10-22(13-20(18)12-19)36-16-27(33)32-21-5-3-2-4-6-21/h3,5,7-14,21,24H,2,4,6,15-16H2,1H3,(H,32,33)(H,34,35). The van der Waals surface area contributed by atoms with Crippen molar-refractivity contribution in [3.63, 3.8) is 0 Å². The lowest BCUT2D eigenvalue weighted by Gasteiger charge is -2.20. The molecule has 2 N–H and O–H groups in total. The van der Waals surface area contributed by atoms with Crippen LogP contribution in [-0.4, -0.2) is 35.9 Å². The SMILES string of the molecule is Cc1cc2c(cc1C(CC(=O)O)c1ccc3ccc(OCC(=O)NC4C=CCCC4)cc3c1)OC(F)(F)O2. The average Bonchev–Trinajstić information content (AvgIpc) is 3.18. The Morgan fingerprint density at radius 1 is 1.11 bits per heavy atom. The van der Waals surface area contributed by atoms with Gasteiger partial charge in [-0.3, -0.25) is 9.59 Å². The minimum absolute atomic E-state index is 0.0241. The van der Waals surface area contributed by atoms with Gasteiger partial charge in [0, 0.05) is 12.0 Å². The van der Waals surface area contributed by atoms with Gasteiger partial charge in [-0.1, -0.05) is 36.4 Å². The van der Waals surface area contributed by atoms with Crippen LogP contribution >= 0.6 is 0 Å². The Bertz CT molecular complexity index is 1420. The number of carboxylic acid groups (broad SMARTS) is 1. The second-order valence-electron chi connectivity index (χ2n) is 9.56. The van der Waals surface area contributed by atoms with Crippen LogP contribution in [0.2, 0.25) is 0 Å². The summed E-state index contributed by atoms with van der Waals surface area (Å²) in [6.07, 6.45) is 3.02. The number of hydrogen-bond acceptors (Lipinski definition) is 5. The van der Waals surface area contributed by atoms with E-state index in [2.05, 4.69) is 20.9 Å². The summed E-state index contributed by atoms with van der Waals surface area (Å²) >= 11 is 0. The van der Waals surface area contributed by atoms with Crippen molar-refractivity contribution in [1.29, 1.82) is 0 Å². The molecule has 0 saturated carbocycles. The zero-order valence-electron chi connectivity index (χ0n) is 20.7. The fraction of sp³-hybridized carbons (Fsp3) is 0.310. The number of ether oxygens (including phenoxy) is 3. The second kappa shape index (κ2) is 10.3. The minimum atomic E-state index is -3.76. The molecular weight excluding hydrogens is 496 g/mol. The first-order valence-electron chi connectivity index (χ1n) is 12.4. The number of halogens is 2. The van der Waals surface area contributed by atoms with Gasteiger partial charge in [0.15, 0.2) is 18.1 Å². The third-order valence-electron chi connectivity index (χ3n) is 6.75. The van der Waals surface area contributed by atoms with Gasteiger partial charge in [0.25, 0.3) is 5.91 Å². The molecule has 0 fully saturated rings. The summed E-state index contributed by atoms with van der Waals surface area (Å²) in [5.74, 6) is -1.59. The smallest absolute Gasteiger partial charge is 0.484 e. The van der Waals surface area contributed by atoms with Crippen molar-refractivity contribution in [2.24, 2.45) is 0 Å². The number of alkyl halides is 2. The molecule has 2 atom stereocenters. The van der Waals surface area contributed by atoms with Crippen LogP contribution < -0.4 is 19.5 Å². The van der Waals surface area contributed by atoms with Gasteiger partial charge in [0.1, 0.15) is 5.75 Å². The van der Waals surface area contributed by atoms with Crippen LogP contribution in [0.25, 0.3) is 10.8 Å². The molecule has 1 amide bonds. The lowest BCUT2D eigenvalue weighted by molar-refractivity contribution is -0.286. The molecule has 7 nitrogen and oxygen atoms in total. The number of nitrogens with one attached hydrogen (secondary N) is 1. The number of carbonyl (C=O) groups excluding carboxylic acids is 1. The number of aliphatic carboxylic acids is 1. The number of rotatable bonds is 8. The molecule has 198 valence electrons. The van der Waals surface area contributed by atoms with Gasteiger partial charge in [-0.15, -0.1) is 8.78 Å². The first-order chi connectivity index (χ1) is 18.2. The summed E-state index contributed by atoms with van der Waals surface area (Å²) in [4.78, 5) is 24.1. The van der Waals surface area contributed by atoms with Crippen molar-refractivity contribution in [1.82, 2.24) is 5.32 Å². The fourth-order valence-electron chi connectivity index (χ4n) is 4.95. The number of benzene rings is 3. The molecule has 3 aromatic carbocycles. The van der Waals surface area contributed by atoms with E-state index in [0.29, 0.717) is 22.4 Å². The van der Waals surface area contributed by atoms with Crippen molar-refractivity contribution in [2.75, 3.05) is 6.61 Å². The summed E-state index contributed by atoms with van der Waals surface area (Å²) in [7, 11) is 0. The summed E-state index contributed by atoms with van der Waals surface area (Å²) in [6, 6.07) is 13.8. The van der Waals surface area contributed by atoms with Gasteiger partial charge >= 0.3 is 12.3 Å².